The summed E-state index contributed by atoms with van der Waals surface area (Å²) in [6.07, 6.45) is 1.03. The summed E-state index contributed by atoms with van der Waals surface area (Å²) in [5.41, 5.74) is 6.66. The summed E-state index contributed by atoms with van der Waals surface area (Å²) in [5, 5.41) is 7.19. The molecule has 3 aromatic carbocycles. The highest BCUT2D eigenvalue weighted by Gasteiger charge is 2.28. The number of benzene rings is 3. The molecule has 0 aliphatic carbocycles. The van der Waals surface area contributed by atoms with Crippen LogP contribution in [0.25, 0.3) is 21.5 Å². The van der Waals surface area contributed by atoms with Gasteiger partial charge in [0.05, 0.1) is 12.5 Å². The van der Waals surface area contributed by atoms with Gasteiger partial charge in [-0.15, -0.1) is 0 Å². The molecule has 5 nitrogen and oxygen atoms in total. The lowest BCUT2D eigenvalue weighted by molar-refractivity contribution is -0.129. The first-order valence-corrected chi connectivity index (χ1v) is 9.20. The van der Waals surface area contributed by atoms with Crippen molar-refractivity contribution in [3.05, 3.63) is 60.2 Å². The highest BCUT2D eigenvalue weighted by atomic mass is 16.5. The van der Waals surface area contributed by atoms with Gasteiger partial charge in [-0.1, -0.05) is 48.5 Å². The lowest BCUT2D eigenvalue weighted by Gasteiger charge is -2.20. The molecule has 0 spiro atoms. The van der Waals surface area contributed by atoms with E-state index in [1.807, 2.05) is 36.4 Å². The first-order chi connectivity index (χ1) is 13.1. The molecule has 138 valence electrons. The SMILES string of the molecule is NC(=O)[C@@H](Cc1c2ccccc2cc2ccccc12)NC(=O)[C@@H]1CCOC1. The number of primary amides is 1. The topological polar surface area (TPSA) is 81.4 Å². The number of amides is 2. The molecule has 1 saturated heterocycles. The highest BCUT2D eigenvalue weighted by molar-refractivity contribution is 6.03. The zero-order valence-electron chi connectivity index (χ0n) is 15.0. The second kappa shape index (κ2) is 7.37. The third-order valence-corrected chi connectivity index (χ3v) is 5.25. The fraction of sp³-hybridized carbons (Fsp3) is 0.273. The summed E-state index contributed by atoms with van der Waals surface area (Å²) in [6.45, 7) is 0.974. The Morgan fingerprint density at radius 1 is 1.07 bits per heavy atom. The fourth-order valence-electron chi connectivity index (χ4n) is 3.79. The maximum atomic E-state index is 12.5. The second-order valence-electron chi connectivity index (χ2n) is 7.03. The van der Waals surface area contributed by atoms with Crippen LogP contribution in [0.4, 0.5) is 0 Å². The standard InChI is InChI=1S/C22H22N2O3/c23-21(25)20(24-22(26)16-9-10-27-13-16)12-19-17-7-3-1-5-14(17)11-15-6-2-4-8-18(15)19/h1-8,11,16,20H,9-10,12-13H2,(H2,23,25)(H,24,26)/t16-,20-/m1/s1. The van der Waals surface area contributed by atoms with E-state index in [2.05, 4.69) is 23.5 Å². The van der Waals surface area contributed by atoms with E-state index in [9.17, 15) is 9.59 Å². The molecule has 2 atom stereocenters. The molecular formula is C22H22N2O3. The van der Waals surface area contributed by atoms with E-state index >= 15 is 0 Å². The van der Waals surface area contributed by atoms with E-state index in [4.69, 9.17) is 10.5 Å². The monoisotopic (exact) mass is 362 g/mol. The number of ether oxygens (including phenoxy) is 1. The molecule has 2 amide bonds. The van der Waals surface area contributed by atoms with E-state index in [0.29, 0.717) is 26.1 Å². The maximum absolute atomic E-state index is 12.5. The number of nitrogens with two attached hydrogens (primary N) is 1. The first-order valence-electron chi connectivity index (χ1n) is 9.20. The summed E-state index contributed by atoms with van der Waals surface area (Å²) in [7, 11) is 0. The Bertz CT molecular complexity index is 955. The van der Waals surface area contributed by atoms with Gasteiger partial charge in [-0.25, -0.2) is 0 Å². The van der Waals surface area contributed by atoms with E-state index in [1.165, 1.54) is 0 Å². The van der Waals surface area contributed by atoms with Crippen LogP contribution in [0.2, 0.25) is 0 Å². The van der Waals surface area contributed by atoms with Gasteiger partial charge < -0.3 is 15.8 Å². The van der Waals surface area contributed by atoms with Crippen molar-refractivity contribution in [1.29, 1.82) is 0 Å². The Morgan fingerprint density at radius 3 is 2.26 bits per heavy atom. The predicted molar refractivity (Wildman–Crippen MR) is 105 cm³/mol. The number of rotatable bonds is 5. The average Bonchev–Trinajstić information content (AvgIpc) is 3.21. The van der Waals surface area contributed by atoms with E-state index in [-0.39, 0.29) is 11.8 Å². The van der Waals surface area contributed by atoms with Crippen LogP contribution in [0.15, 0.2) is 54.6 Å². The fourth-order valence-corrected chi connectivity index (χ4v) is 3.79. The predicted octanol–water partition coefficient (Wildman–Crippen LogP) is 2.54. The van der Waals surface area contributed by atoms with Crippen molar-refractivity contribution in [3.63, 3.8) is 0 Å². The van der Waals surface area contributed by atoms with Gasteiger partial charge >= 0.3 is 0 Å². The van der Waals surface area contributed by atoms with Crippen molar-refractivity contribution >= 4 is 33.4 Å². The molecule has 0 unspecified atom stereocenters. The van der Waals surface area contributed by atoms with Crippen LogP contribution in [0.1, 0.15) is 12.0 Å². The van der Waals surface area contributed by atoms with Gasteiger partial charge in [0.25, 0.3) is 0 Å². The molecule has 3 N–H and O–H groups in total. The summed E-state index contributed by atoms with van der Waals surface area (Å²) >= 11 is 0. The Hall–Kier alpha value is -2.92. The largest absolute Gasteiger partial charge is 0.381 e. The van der Waals surface area contributed by atoms with Gasteiger partial charge in [-0.05, 0) is 39.6 Å². The lowest BCUT2D eigenvalue weighted by Crippen LogP contribution is -2.48. The minimum absolute atomic E-state index is 0.166. The number of fused-ring (bicyclic) bond motifs is 2. The molecule has 3 aromatic rings. The molecule has 1 fully saturated rings. The van der Waals surface area contributed by atoms with E-state index in [0.717, 1.165) is 27.1 Å². The smallest absolute Gasteiger partial charge is 0.240 e. The van der Waals surface area contributed by atoms with Crippen LogP contribution in [0, 0.1) is 5.92 Å². The molecule has 27 heavy (non-hydrogen) atoms. The zero-order chi connectivity index (χ0) is 18.8. The van der Waals surface area contributed by atoms with Crippen molar-refractivity contribution in [2.75, 3.05) is 13.2 Å². The Labute approximate surface area is 157 Å². The Balaban J connectivity index is 1.72. The summed E-state index contributed by atoms with van der Waals surface area (Å²) in [6, 6.07) is 17.5. The summed E-state index contributed by atoms with van der Waals surface area (Å²) in [5.74, 6) is -0.906. The van der Waals surface area contributed by atoms with Crippen molar-refractivity contribution < 1.29 is 14.3 Å². The van der Waals surface area contributed by atoms with E-state index < -0.39 is 11.9 Å². The molecular weight excluding hydrogens is 340 g/mol. The molecule has 0 radical (unpaired) electrons. The molecule has 0 aromatic heterocycles. The lowest BCUT2D eigenvalue weighted by atomic mass is 9.92. The molecule has 0 bridgehead atoms. The molecule has 1 aliphatic rings. The van der Waals surface area contributed by atoms with Crippen LogP contribution in [-0.4, -0.2) is 31.1 Å². The van der Waals surface area contributed by atoms with Gasteiger partial charge in [0.15, 0.2) is 0 Å². The van der Waals surface area contributed by atoms with Crippen LogP contribution in [0.3, 0.4) is 0 Å². The van der Waals surface area contributed by atoms with Gasteiger partial charge in [0, 0.05) is 13.0 Å². The number of hydrogen-bond acceptors (Lipinski definition) is 3. The molecule has 0 saturated carbocycles. The number of carbonyl (C=O) groups excluding carboxylic acids is 2. The third kappa shape index (κ3) is 3.51. The average molecular weight is 362 g/mol. The van der Waals surface area contributed by atoms with Crippen LogP contribution in [0.5, 0.6) is 0 Å². The van der Waals surface area contributed by atoms with Gasteiger partial charge in [-0.3, -0.25) is 9.59 Å². The number of nitrogens with one attached hydrogen (secondary N) is 1. The molecule has 1 heterocycles. The minimum Gasteiger partial charge on any atom is -0.381 e. The quantitative estimate of drug-likeness (QED) is 0.685. The minimum atomic E-state index is -0.757. The normalized spacial score (nSPS) is 17.9. The second-order valence-corrected chi connectivity index (χ2v) is 7.03. The molecule has 5 heteroatoms. The highest BCUT2D eigenvalue weighted by Crippen LogP contribution is 2.29. The summed E-state index contributed by atoms with van der Waals surface area (Å²) in [4.78, 5) is 24.6. The number of hydrogen-bond donors (Lipinski definition) is 2. The zero-order valence-corrected chi connectivity index (χ0v) is 15.0. The molecule has 1 aliphatic heterocycles. The van der Waals surface area contributed by atoms with Crippen molar-refractivity contribution in [3.8, 4) is 0 Å². The van der Waals surface area contributed by atoms with E-state index in [1.54, 1.807) is 0 Å². The van der Waals surface area contributed by atoms with Crippen molar-refractivity contribution in [2.45, 2.75) is 18.9 Å². The third-order valence-electron chi connectivity index (χ3n) is 5.25. The van der Waals surface area contributed by atoms with Gasteiger partial charge in [0.2, 0.25) is 11.8 Å². The van der Waals surface area contributed by atoms with Gasteiger partial charge in [0.1, 0.15) is 6.04 Å². The summed E-state index contributed by atoms with van der Waals surface area (Å²) < 4.78 is 5.28. The van der Waals surface area contributed by atoms with Crippen LogP contribution < -0.4 is 11.1 Å². The Morgan fingerprint density at radius 2 is 1.70 bits per heavy atom. The molecule has 4 rings (SSSR count). The maximum Gasteiger partial charge on any atom is 0.240 e. The van der Waals surface area contributed by atoms with Gasteiger partial charge in [-0.2, -0.15) is 0 Å². The Kier molecular flexibility index (Phi) is 4.77. The van der Waals surface area contributed by atoms with Crippen LogP contribution in [-0.2, 0) is 20.7 Å². The van der Waals surface area contributed by atoms with Crippen molar-refractivity contribution in [1.82, 2.24) is 5.32 Å². The first kappa shape index (κ1) is 17.5. The van der Waals surface area contributed by atoms with Crippen LogP contribution >= 0.6 is 0 Å². The number of carbonyl (C=O) groups is 2. The van der Waals surface area contributed by atoms with Crippen molar-refractivity contribution in [2.24, 2.45) is 11.7 Å².